The highest BCUT2D eigenvalue weighted by Crippen LogP contribution is 2.19. The number of pyridine rings is 1. The molecule has 0 radical (unpaired) electrons. The molecule has 0 N–H and O–H groups in total. The highest BCUT2D eigenvalue weighted by molar-refractivity contribution is 5.94. The third kappa shape index (κ3) is 2.41. The second-order valence-electron chi connectivity index (χ2n) is 4.01. The van der Waals surface area contributed by atoms with Crippen LogP contribution in [0.1, 0.15) is 29.6 Å². The first-order valence-corrected chi connectivity index (χ1v) is 5.54. The second-order valence-corrected chi connectivity index (χ2v) is 4.01. The lowest BCUT2D eigenvalue weighted by molar-refractivity contribution is 0.0670. The summed E-state index contributed by atoms with van der Waals surface area (Å²) in [5, 5.41) is 8.98. The first-order valence-electron chi connectivity index (χ1n) is 5.54. The molecule has 1 aromatic heterocycles. The molecule has 0 aliphatic carbocycles. The van der Waals surface area contributed by atoms with Crippen molar-refractivity contribution in [2.75, 3.05) is 6.54 Å². The molecule has 2 heterocycles. The number of rotatable bonds is 1. The number of piperidine rings is 1. The average Bonchev–Trinajstić information content (AvgIpc) is 2.38. The molecule has 1 aliphatic rings. The number of amides is 1. The zero-order valence-electron chi connectivity index (χ0n) is 9.27. The van der Waals surface area contributed by atoms with Gasteiger partial charge in [0, 0.05) is 24.4 Å². The Morgan fingerprint density at radius 2 is 2.41 bits per heavy atom. The Morgan fingerprint density at radius 3 is 3.12 bits per heavy atom. The maximum absolute atomic E-state index is 12.9. The average molecular weight is 233 g/mol. The van der Waals surface area contributed by atoms with Gasteiger partial charge in [-0.2, -0.15) is 9.65 Å². The van der Waals surface area contributed by atoms with Crippen LogP contribution in [0.4, 0.5) is 4.39 Å². The smallest absolute Gasteiger partial charge is 0.255 e. The second kappa shape index (κ2) is 4.91. The fourth-order valence-electron chi connectivity index (χ4n) is 2.01. The monoisotopic (exact) mass is 233 g/mol. The fraction of sp³-hybridized carbons (Fsp3) is 0.417. The van der Waals surface area contributed by atoms with E-state index in [1.54, 1.807) is 0 Å². The van der Waals surface area contributed by atoms with E-state index in [0.29, 0.717) is 13.0 Å². The van der Waals surface area contributed by atoms with Crippen LogP contribution in [0.2, 0.25) is 0 Å². The Balaban J connectivity index is 2.22. The molecule has 0 bridgehead atoms. The molecule has 1 saturated heterocycles. The zero-order valence-corrected chi connectivity index (χ0v) is 9.27. The van der Waals surface area contributed by atoms with E-state index in [-0.39, 0.29) is 11.5 Å². The number of hydrogen-bond donors (Lipinski definition) is 0. The first kappa shape index (κ1) is 11.5. The molecule has 1 unspecified atom stereocenters. The maximum atomic E-state index is 12.9. The minimum absolute atomic E-state index is 0.250. The molecule has 0 spiro atoms. The Hall–Kier alpha value is -1.96. The van der Waals surface area contributed by atoms with Gasteiger partial charge in [0.05, 0.1) is 6.07 Å². The molecule has 1 fully saturated rings. The van der Waals surface area contributed by atoms with Crippen LogP contribution in [0.15, 0.2) is 18.3 Å². The topological polar surface area (TPSA) is 57.0 Å². The molecule has 0 saturated carbocycles. The van der Waals surface area contributed by atoms with Gasteiger partial charge in [-0.3, -0.25) is 4.79 Å². The van der Waals surface area contributed by atoms with E-state index in [2.05, 4.69) is 11.1 Å². The third-order valence-corrected chi connectivity index (χ3v) is 2.89. The van der Waals surface area contributed by atoms with E-state index in [0.717, 1.165) is 18.9 Å². The summed E-state index contributed by atoms with van der Waals surface area (Å²) in [5.74, 6) is -0.973. The predicted molar refractivity (Wildman–Crippen MR) is 58.5 cm³/mol. The van der Waals surface area contributed by atoms with Gasteiger partial charge in [0.2, 0.25) is 5.95 Å². The standard InChI is InChI=1S/C12H12FN3O/c13-11-7-9(4-5-15-11)12(17)16-6-2-1-3-10(16)8-14/h4-5,7,10H,1-3,6H2. The van der Waals surface area contributed by atoms with Crippen LogP contribution in [0.5, 0.6) is 0 Å². The quantitative estimate of drug-likeness (QED) is 0.694. The van der Waals surface area contributed by atoms with Crippen molar-refractivity contribution in [1.29, 1.82) is 5.26 Å². The van der Waals surface area contributed by atoms with Crippen molar-refractivity contribution >= 4 is 5.91 Å². The Morgan fingerprint density at radius 1 is 1.59 bits per heavy atom. The third-order valence-electron chi connectivity index (χ3n) is 2.89. The van der Waals surface area contributed by atoms with Gasteiger partial charge in [0.15, 0.2) is 0 Å². The number of nitrogens with zero attached hydrogens (tertiary/aromatic N) is 3. The van der Waals surface area contributed by atoms with Crippen molar-refractivity contribution in [2.45, 2.75) is 25.3 Å². The normalized spacial score (nSPS) is 19.8. The van der Waals surface area contributed by atoms with Crippen molar-refractivity contribution < 1.29 is 9.18 Å². The Bertz CT molecular complexity index is 469. The summed E-state index contributed by atoms with van der Waals surface area (Å²) in [5.41, 5.74) is 0.250. The maximum Gasteiger partial charge on any atom is 0.255 e. The summed E-state index contributed by atoms with van der Waals surface area (Å²) in [6, 6.07) is 4.29. The minimum atomic E-state index is -0.679. The van der Waals surface area contributed by atoms with Crippen molar-refractivity contribution in [3.63, 3.8) is 0 Å². The van der Waals surface area contributed by atoms with Gasteiger partial charge in [0.25, 0.3) is 5.91 Å². The molecule has 5 heteroatoms. The van der Waals surface area contributed by atoms with Gasteiger partial charge in [-0.1, -0.05) is 0 Å². The van der Waals surface area contributed by atoms with Gasteiger partial charge in [0.1, 0.15) is 6.04 Å². The molecule has 4 nitrogen and oxygen atoms in total. The number of nitriles is 1. The summed E-state index contributed by atoms with van der Waals surface area (Å²) in [6.45, 7) is 0.557. The van der Waals surface area contributed by atoms with Crippen molar-refractivity contribution in [2.24, 2.45) is 0 Å². The van der Waals surface area contributed by atoms with Crippen molar-refractivity contribution in [3.8, 4) is 6.07 Å². The molecule has 1 aliphatic heterocycles. The predicted octanol–water partition coefficient (Wildman–Crippen LogP) is 1.74. The fourth-order valence-corrected chi connectivity index (χ4v) is 2.01. The molecular weight excluding hydrogens is 221 g/mol. The molecule has 88 valence electrons. The summed E-state index contributed by atoms with van der Waals surface area (Å²) < 4.78 is 12.9. The molecular formula is C12H12FN3O. The summed E-state index contributed by atoms with van der Waals surface area (Å²) in [6.07, 6.45) is 3.79. The lowest BCUT2D eigenvalue weighted by atomic mass is 10.0. The Labute approximate surface area is 98.7 Å². The van der Waals surface area contributed by atoms with Crippen LogP contribution in [-0.2, 0) is 0 Å². The van der Waals surface area contributed by atoms with E-state index in [1.165, 1.54) is 17.2 Å². The lowest BCUT2D eigenvalue weighted by Crippen LogP contribution is -2.42. The summed E-state index contributed by atoms with van der Waals surface area (Å²) >= 11 is 0. The molecule has 1 aromatic rings. The Kier molecular flexibility index (Phi) is 3.33. The molecule has 0 aromatic carbocycles. The molecule has 1 amide bonds. The molecule has 2 rings (SSSR count). The van der Waals surface area contributed by atoms with Crippen molar-refractivity contribution in [3.05, 3.63) is 29.8 Å². The van der Waals surface area contributed by atoms with Crippen LogP contribution >= 0.6 is 0 Å². The highest BCUT2D eigenvalue weighted by atomic mass is 19.1. The van der Waals surface area contributed by atoms with Crippen molar-refractivity contribution in [1.82, 2.24) is 9.88 Å². The van der Waals surface area contributed by atoms with E-state index < -0.39 is 12.0 Å². The largest absolute Gasteiger partial charge is 0.323 e. The van der Waals surface area contributed by atoms with Gasteiger partial charge in [-0.05, 0) is 25.3 Å². The lowest BCUT2D eigenvalue weighted by Gasteiger charge is -2.31. The van der Waals surface area contributed by atoms with Gasteiger partial charge >= 0.3 is 0 Å². The van der Waals surface area contributed by atoms with Gasteiger partial charge in [-0.15, -0.1) is 0 Å². The number of aromatic nitrogens is 1. The number of halogens is 1. The van der Waals surface area contributed by atoms with Crippen LogP contribution in [-0.4, -0.2) is 28.4 Å². The molecule has 17 heavy (non-hydrogen) atoms. The summed E-state index contributed by atoms with van der Waals surface area (Å²) in [7, 11) is 0. The first-order chi connectivity index (χ1) is 8.22. The number of hydrogen-bond acceptors (Lipinski definition) is 3. The number of carbonyl (C=O) groups is 1. The van der Waals surface area contributed by atoms with E-state index >= 15 is 0 Å². The SMILES string of the molecule is N#CC1CCCCN1C(=O)c1ccnc(F)c1. The van der Waals surface area contributed by atoms with E-state index in [1.807, 2.05) is 0 Å². The van der Waals surface area contributed by atoms with Crippen LogP contribution in [0.3, 0.4) is 0 Å². The molecule has 1 atom stereocenters. The highest BCUT2D eigenvalue weighted by Gasteiger charge is 2.27. The minimum Gasteiger partial charge on any atom is -0.323 e. The number of carbonyl (C=O) groups excluding carboxylic acids is 1. The van der Waals surface area contributed by atoms with Gasteiger partial charge in [-0.25, -0.2) is 4.98 Å². The van der Waals surface area contributed by atoms with E-state index in [9.17, 15) is 9.18 Å². The van der Waals surface area contributed by atoms with Crippen LogP contribution < -0.4 is 0 Å². The summed E-state index contributed by atoms with van der Waals surface area (Å²) in [4.78, 5) is 17.0. The van der Waals surface area contributed by atoms with Crippen LogP contribution in [0, 0.1) is 17.3 Å². The van der Waals surface area contributed by atoms with Crippen LogP contribution in [0.25, 0.3) is 0 Å². The van der Waals surface area contributed by atoms with Gasteiger partial charge < -0.3 is 4.90 Å². The number of likely N-dealkylation sites (tertiary alicyclic amines) is 1. The van der Waals surface area contributed by atoms with E-state index in [4.69, 9.17) is 5.26 Å². The zero-order chi connectivity index (χ0) is 12.3.